The summed E-state index contributed by atoms with van der Waals surface area (Å²) in [5, 5.41) is 3.02. The van der Waals surface area contributed by atoms with E-state index in [1.165, 1.54) is 11.1 Å². The lowest BCUT2D eigenvalue weighted by molar-refractivity contribution is 0.208. The molecule has 4 rings (SSSR count). The first kappa shape index (κ1) is 21.4. The number of urea groups is 1. The Labute approximate surface area is 187 Å². The van der Waals surface area contributed by atoms with Crippen molar-refractivity contribution in [3.8, 4) is 17.2 Å². The fourth-order valence-electron chi connectivity index (χ4n) is 3.81. The van der Waals surface area contributed by atoms with E-state index in [9.17, 15) is 4.79 Å². The molecule has 2 aliphatic heterocycles. The summed E-state index contributed by atoms with van der Waals surface area (Å²) in [7, 11) is 4.93. The Kier molecular flexibility index (Phi) is 6.58. The van der Waals surface area contributed by atoms with Crippen molar-refractivity contribution in [3.05, 3.63) is 59.2 Å². The lowest BCUT2D eigenvalue weighted by Gasteiger charge is -2.22. The number of hydrogen-bond acceptors (Lipinski definition) is 6. The van der Waals surface area contributed by atoms with Gasteiger partial charge in [0, 0.05) is 37.6 Å². The number of rotatable bonds is 7. The molecule has 0 unspecified atom stereocenters. The highest BCUT2D eigenvalue weighted by atomic mass is 32.2. The number of nitrogens with one attached hydrogen (secondary N) is 1. The number of benzene rings is 2. The molecule has 2 amide bonds. The zero-order valence-electron chi connectivity index (χ0n) is 18.0. The van der Waals surface area contributed by atoms with Gasteiger partial charge in [-0.3, -0.25) is 0 Å². The monoisotopic (exact) mass is 441 g/mol. The van der Waals surface area contributed by atoms with Gasteiger partial charge in [-0.2, -0.15) is 0 Å². The van der Waals surface area contributed by atoms with Crippen molar-refractivity contribution < 1.29 is 19.0 Å². The first-order valence-corrected chi connectivity index (χ1v) is 10.9. The average molecular weight is 442 g/mol. The van der Waals surface area contributed by atoms with Gasteiger partial charge in [-0.25, -0.2) is 9.10 Å². The molecule has 0 aliphatic carbocycles. The quantitative estimate of drug-likeness (QED) is 0.524. The Hall–Kier alpha value is -2.84. The van der Waals surface area contributed by atoms with Crippen LogP contribution in [0.5, 0.6) is 17.2 Å². The molecule has 0 saturated heterocycles. The second-order valence-corrected chi connectivity index (χ2v) is 8.65. The van der Waals surface area contributed by atoms with E-state index in [2.05, 4.69) is 9.62 Å². The second-order valence-electron chi connectivity index (χ2n) is 7.48. The van der Waals surface area contributed by atoms with E-state index in [1.807, 2.05) is 47.4 Å². The van der Waals surface area contributed by atoms with Gasteiger partial charge < -0.3 is 24.4 Å². The van der Waals surface area contributed by atoms with Crippen LogP contribution in [0.3, 0.4) is 0 Å². The van der Waals surface area contributed by atoms with E-state index in [0.29, 0.717) is 19.6 Å². The van der Waals surface area contributed by atoms with Crippen LogP contribution in [0.15, 0.2) is 58.5 Å². The summed E-state index contributed by atoms with van der Waals surface area (Å²) < 4.78 is 18.2. The van der Waals surface area contributed by atoms with E-state index >= 15 is 0 Å². The van der Waals surface area contributed by atoms with Crippen LogP contribution in [0.2, 0.25) is 0 Å². The van der Waals surface area contributed by atoms with Gasteiger partial charge >= 0.3 is 6.03 Å². The van der Waals surface area contributed by atoms with Gasteiger partial charge in [-0.05, 0) is 59.0 Å². The molecule has 8 heteroatoms. The van der Waals surface area contributed by atoms with Crippen LogP contribution in [0.1, 0.15) is 5.56 Å². The van der Waals surface area contributed by atoms with Gasteiger partial charge in [0.2, 0.25) is 0 Å². The first-order chi connectivity index (χ1) is 15.1. The molecule has 2 aromatic rings. The second kappa shape index (κ2) is 9.53. The van der Waals surface area contributed by atoms with Crippen LogP contribution in [-0.4, -0.2) is 62.7 Å². The predicted molar refractivity (Wildman–Crippen MR) is 121 cm³/mol. The number of ether oxygens (including phenoxy) is 3. The summed E-state index contributed by atoms with van der Waals surface area (Å²) in [6, 6.07) is 13.7. The normalized spacial score (nSPS) is 15.8. The van der Waals surface area contributed by atoms with Gasteiger partial charge in [-0.1, -0.05) is 12.1 Å². The fraction of sp³-hybridized carbons (Fsp3) is 0.348. The molecule has 31 heavy (non-hydrogen) atoms. The average Bonchev–Trinajstić information content (AvgIpc) is 3.36. The Balaban J connectivity index is 1.25. The van der Waals surface area contributed by atoms with E-state index < -0.39 is 0 Å². The minimum absolute atomic E-state index is 0.0238. The molecule has 7 nitrogen and oxygen atoms in total. The maximum Gasteiger partial charge on any atom is 0.318 e. The SMILES string of the molecule is COc1ccc(CNC(=O)N2CC3=C(CN(Sc4ccc(OC)c(OC)c4)C3)C2)cc1. The molecule has 0 saturated carbocycles. The smallest absolute Gasteiger partial charge is 0.318 e. The molecular formula is C23H27N3O4S. The van der Waals surface area contributed by atoms with Crippen LogP contribution in [0, 0.1) is 0 Å². The summed E-state index contributed by atoms with van der Waals surface area (Å²) in [5.74, 6) is 2.27. The summed E-state index contributed by atoms with van der Waals surface area (Å²) in [5.41, 5.74) is 3.73. The third-order valence-corrected chi connectivity index (χ3v) is 6.46. The van der Waals surface area contributed by atoms with Crippen molar-refractivity contribution in [2.45, 2.75) is 11.4 Å². The van der Waals surface area contributed by atoms with Crippen molar-refractivity contribution in [2.75, 3.05) is 47.5 Å². The fourth-order valence-corrected chi connectivity index (χ4v) is 4.84. The van der Waals surface area contributed by atoms with Crippen molar-refractivity contribution >= 4 is 18.0 Å². The number of methoxy groups -OCH3 is 3. The van der Waals surface area contributed by atoms with Crippen molar-refractivity contribution in [1.29, 1.82) is 0 Å². The van der Waals surface area contributed by atoms with Crippen LogP contribution >= 0.6 is 11.9 Å². The zero-order chi connectivity index (χ0) is 21.8. The Morgan fingerprint density at radius 1 is 0.903 bits per heavy atom. The van der Waals surface area contributed by atoms with E-state index in [-0.39, 0.29) is 6.03 Å². The van der Waals surface area contributed by atoms with Crippen LogP contribution in [0.25, 0.3) is 0 Å². The Bertz CT molecular complexity index is 959. The summed E-state index contributed by atoms with van der Waals surface area (Å²) >= 11 is 1.70. The molecule has 0 bridgehead atoms. The first-order valence-electron chi connectivity index (χ1n) is 10.1. The lowest BCUT2D eigenvalue weighted by Crippen LogP contribution is -2.40. The third kappa shape index (κ3) is 4.91. The Morgan fingerprint density at radius 2 is 1.58 bits per heavy atom. The van der Waals surface area contributed by atoms with Crippen molar-refractivity contribution in [2.24, 2.45) is 0 Å². The van der Waals surface area contributed by atoms with Gasteiger partial charge in [0.25, 0.3) is 0 Å². The molecule has 0 atom stereocenters. The topological polar surface area (TPSA) is 63.3 Å². The van der Waals surface area contributed by atoms with Crippen LogP contribution < -0.4 is 19.5 Å². The molecule has 0 aromatic heterocycles. The van der Waals surface area contributed by atoms with E-state index in [0.717, 1.165) is 40.8 Å². The highest BCUT2D eigenvalue weighted by Gasteiger charge is 2.32. The number of amides is 2. The minimum Gasteiger partial charge on any atom is -0.497 e. The van der Waals surface area contributed by atoms with Crippen LogP contribution in [-0.2, 0) is 6.54 Å². The minimum atomic E-state index is -0.0238. The highest BCUT2D eigenvalue weighted by Crippen LogP contribution is 2.37. The van der Waals surface area contributed by atoms with E-state index in [1.54, 1.807) is 33.3 Å². The lowest BCUT2D eigenvalue weighted by atomic mass is 10.2. The number of nitrogens with zero attached hydrogens (tertiary/aromatic N) is 2. The zero-order valence-corrected chi connectivity index (χ0v) is 18.8. The summed E-state index contributed by atoms with van der Waals surface area (Å²) in [4.78, 5) is 15.6. The summed E-state index contributed by atoms with van der Waals surface area (Å²) in [6.45, 7) is 3.60. The van der Waals surface area contributed by atoms with Crippen molar-refractivity contribution in [1.82, 2.24) is 14.5 Å². The van der Waals surface area contributed by atoms with Crippen LogP contribution in [0.4, 0.5) is 4.79 Å². The van der Waals surface area contributed by atoms with E-state index in [4.69, 9.17) is 14.2 Å². The molecular weight excluding hydrogens is 414 g/mol. The number of carbonyl (C=O) groups is 1. The molecule has 2 heterocycles. The highest BCUT2D eigenvalue weighted by molar-refractivity contribution is 7.97. The van der Waals surface area contributed by atoms with Gasteiger partial charge in [-0.15, -0.1) is 0 Å². The number of carbonyl (C=O) groups excluding carboxylic acids is 1. The third-order valence-electron chi connectivity index (χ3n) is 5.48. The van der Waals surface area contributed by atoms with Gasteiger partial charge in [0.05, 0.1) is 21.3 Å². The van der Waals surface area contributed by atoms with Crippen molar-refractivity contribution in [3.63, 3.8) is 0 Å². The maximum absolute atomic E-state index is 12.6. The largest absolute Gasteiger partial charge is 0.497 e. The molecule has 2 aromatic carbocycles. The molecule has 1 N–H and O–H groups in total. The molecule has 0 fully saturated rings. The molecule has 2 aliphatic rings. The van der Waals surface area contributed by atoms with Gasteiger partial charge in [0.1, 0.15) is 5.75 Å². The molecule has 0 radical (unpaired) electrons. The standard InChI is InChI=1S/C23H27N3O4S/c1-28-19-6-4-16(5-7-19)11-24-23(27)25-12-17-14-26(15-18(17)13-25)31-20-8-9-21(29-2)22(10-20)30-3/h4-10H,11-15H2,1-3H3,(H,24,27). The van der Waals surface area contributed by atoms with Gasteiger partial charge in [0.15, 0.2) is 11.5 Å². The Morgan fingerprint density at radius 3 is 2.19 bits per heavy atom. The summed E-state index contributed by atoms with van der Waals surface area (Å²) in [6.07, 6.45) is 0. The predicted octanol–water partition coefficient (Wildman–Crippen LogP) is 3.56. The maximum atomic E-state index is 12.6. The molecule has 164 valence electrons. The molecule has 0 spiro atoms. The number of hydrogen-bond donors (Lipinski definition) is 1.